The summed E-state index contributed by atoms with van der Waals surface area (Å²) in [6, 6.07) is 0. The third kappa shape index (κ3) is 33.3. The monoisotopic (exact) mass is 576 g/mol. The standard InChI is InChI=1S/C38H73NO2/c1-3-5-7-9-11-13-15-17-19-20-22-24-26-28-30-32-35-39-36-34-37(38(40)41)33-31-29-27-25-23-21-18-16-14-12-10-8-6-4-2/h17-19,21,37,39H,3-16,20,22-36H2,1-2H3,(H,40,41)/b19-17-,21-18-. The maximum Gasteiger partial charge on any atom is 0.306 e. The third-order valence-corrected chi connectivity index (χ3v) is 8.45. The summed E-state index contributed by atoms with van der Waals surface area (Å²) in [5, 5.41) is 13.1. The van der Waals surface area contributed by atoms with Gasteiger partial charge < -0.3 is 10.4 Å². The lowest BCUT2D eigenvalue weighted by Gasteiger charge is -2.13. The van der Waals surface area contributed by atoms with Crippen LogP contribution in [0.5, 0.6) is 0 Å². The van der Waals surface area contributed by atoms with E-state index in [1.165, 1.54) is 154 Å². The summed E-state index contributed by atoms with van der Waals surface area (Å²) in [6.45, 7) is 6.42. The molecule has 0 aromatic heterocycles. The number of hydrogen-bond donors (Lipinski definition) is 2. The number of carboxylic acids is 1. The Morgan fingerprint density at radius 3 is 1.27 bits per heavy atom. The molecule has 242 valence electrons. The summed E-state index contributed by atoms with van der Waals surface area (Å²) in [5.41, 5.74) is 0. The van der Waals surface area contributed by atoms with Crippen LogP contribution in [0.1, 0.15) is 194 Å². The van der Waals surface area contributed by atoms with Crippen molar-refractivity contribution in [2.75, 3.05) is 13.1 Å². The second-order valence-corrected chi connectivity index (χ2v) is 12.5. The molecule has 1 unspecified atom stereocenters. The summed E-state index contributed by atoms with van der Waals surface area (Å²) < 4.78 is 0. The van der Waals surface area contributed by atoms with Crippen LogP contribution in [0.25, 0.3) is 0 Å². The van der Waals surface area contributed by atoms with Gasteiger partial charge in [0.05, 0.1) is 5.92 Å². The van der Waals surface area contributed by atoms with Gasteiger partial charge in [0.25, 0.3) is 0 Å². The molecule has 0 spiro atoms. The van der Waals surface area contributed by atoms with Crippen LogP contribution in [-0.4, -0.2) is 24.2 Å². The highest BCUT2D eigenvalue weighted by molar-refractivity contribution is 5.69. The summed E-state index contributed by atoms with van der Waals surface area (Å²) in [5.74, 6) is -0.791. The Morgan fingerprint density at radius 1 is 0.488 bits per heavy atom. The maximum absolute atomic E-state index is 11.6. The normalized spacial score (nSPS) is 12.6. The van der Waals surface area contributed by atoms with Gasteiger partial charge in [0.15, 0.2) is 0 Å². The van der Waals surface area contributed by atoms with Crippen molar-refractivity contribution in [2.24, 2.45) is 5.92 Å². The lowest BCUT2D eigenvalue weighted by atomic mass is 9.97. The van der Waals surface area contributed by atoms with Crippen LogP contribution in [0.15, 0.2) is 24.3 Å². The van der Waals surface area contributed by atoms with E-state index in [-0.39, 0.29) is 5.92 Å². The van der Waals surface area contributed by atoms with Gasteiger partial charge in [0, 0.05) is 0 Å². The smallest absolute Gasteiger partial charge is 0.306 e. The summed E-state index contributed by atoms with van der Waals surface area (Å²) in [7, 11) is 0. The van der Waals surface area contributed by atoms with Gasteiger partial charge in [-0.15, -0.1) is 0 Å². The SMILES string of the molecule is CCCCCCCC/C=C\CCCCCCCCNCCC(CCCCCC/C=C\CCCCCCCC)C(=O)O. The quantitative estimate of drug-likeness (QED) is 0.0592. The summed E-state index contributed by atoms with van der Waals surface area (Å²) in [4.78, 5) is 11.6. The first-order valence-corrected chi connectivity index (χ1v) is 18.5. The first kappa shape index (κ1) is 39.9. The van der Waals surface area contributed by atoms with E-state index in [1.807, 2.05) is 0 Å². The number of hydrogen-bond acceptors (Lipinski definition) is 2. The molecule has 0 aliphatic rings. The molecule has 0 aromatic carbocycles. The number of aliphatic carboxylic acids is 1. The Morgan fingerprint density at radius 2 is 0.854 bits per heavy atom. The molecular formula is C38H73NO2. The zero-order valence-electron chi connectivity index (χ0n) is 28.0. The van der Waals surface area contributed by atoms with E-state index in [2.05, 4.69) is 43.5 Å². The van der Waals surface area contributed by atoms with E-state index in [0.717, 1.165) is 38.8 Å². The lowest BCUT2D eigenvalue weighted by molar-refractivity contribution is -0.142. The minimum absolute atomic E-state index is 0.181. The molecule has 0 rings (SSSR count). The minimum Gasteiger partial charge on any atom is -0.481 e. The molecule has 0 fully saturated rings. The highest BCUT2D eigenvalue weighted by atomic mass is 16.4. The van der Waals surface area contributed by atoms with E-state index in [0.29, 0.717) is 0 Å². The molecule has 2 N–H and O–H groups in total. The van der Waals surface area contributed by atoms with Crippen molar-refractivity contribution in [3.05, 3.63) is 24.3 Å². The second kappa shape index (κ2) is 35.1. The van der Waals surface area contributed by atoms with Gasteiger partial charge in [0.1, 0.15) is 0 Å². The van der Waals surface area contributed by atoms with Crippen LogP contribution >= 0.6 is 0 Å². The van der Waals surface area contributed by atoms with Gasteiger partial charge in [0.2, 0.25) is 0 Å². The molecule has 41 heavy (non-hydrogen) atoms. The highest BCUT2D eigenvalue weighted by Gasteiger charge is 2.16. The first-order chi connectivity index (χ1) is 20.2. The molecule has 0 radical (unpaired) electrons. The molecule has 0 heterocycles. The van der Waals surface area contributed by atoms with E-state index >= 15 is 0 Å². The zero-order valence-corrected chi connectivity index (χ0v) is 28.0. The second-order valence-electron chi connectivity index (χ2n) is 12.5. The van der Waals surface area contributed by atoms with Gasteiger partial charge in [-0.1, -0.05) is 147 Å². The summed E-state index contributed by atoms with van der Waals surface area (Å²) in [6.07, 6.45) is 45.1. The average Bonchev–Trinajstić information content (AvgIpc) is 2.97. The van der Waals surface area contributed by atoms with E-state index < -0.39 is 5.97 Å². The molecular weight excluding hydrogens is 502 g/mol. The van der Waals surface area contributed by atoms with Gasteiger partial charge >= 0.3 is 5.97 Å². The van der Waals surface area contributed by atoms with Gasteiger partial charge in [-0.3, -0.25) is 4.79 Å². The van der Waals surface area contributed by atoms with Crippen molar-refractivity contribution in [1.29, 1.82) is 0 Å². The lowest BCUT2D eigenvalue weighted by Crippen LogP contribution is -2.23. The molecule has 0 saturated heterocycles. The Labute approximate surface area is 257 Å². The van der Waals surface area contributed by atoms with Crippen LogP contribution in [0.2, 0.25) is 0 Å². The first-order valence-electron chi connectivity index (χ1n) is 18.5. The number of allylic oxidation sites excluding steroid dienone is 4. The van der Waals surface area contributed by atoms with E-state index in [9.17, 15) is 9.90 Å². The van der Waals surface area contributed by atoms with Crippen molar-refractivity contribution in [1.82, 2.24) is 5.32 Å². The van der Waals surface area contributed by atoms with Gasteiger partial charge in [-0.2, -0.15) is 0 Å². The van der Waals surface area contributed by atoms with Crippen molar-refractivity contribution < 1.29 is 9.90 Å². The Hall–Kier alpha value is -1.09. The van der Waals surface area contributed by atoms with Crippen LogP contribution in [0.4, 0.5) is 0 Å². The maximum atomic E-state index is 11.6. The van der Waals surface area contributed by atoms with Gasteiger partial charge in [-0.05, 0) is 83.7 Å². The molecule has 3 nitrogen and oxygen atoms in total. The molecule has 0 aliphatic carbocycles. The Kier molecular flexibility index (Phi) is 34.2. The van der Waals surface area contributed by atoms with E-state index in [4.69, 9.17) is 0 Å². The Balaban J connectivity index is 3.45. The molecule has 3 heteroatoms. The van der Waals surface area contributed by atoms with E-state index in [1.54, 1.807) is 0 Å². The highest BCUT2D eigenvalue weighted by Crippen LogP contribution is 2.16. The number of unbranched alkanes of at least 4 members (excludes halogenated alkanes) is 22. The van der Waals surface area contributed by atoms with Crippen LogP contribution < -0.4 is 5.32 Å². The van der Waals surface area contributed by atoms with Gasteiger partial charge in [-0.25, -0.2) is 0 Å². The number of nitrogens with one attached hydrogen (secondary N) is 1. The van der Waals surface area contributed by atoms with Crippen molar-refractivity contribution >= 4 is 5.97 Å². The van der Waals surface area contributed by atoms with Crippen LogP contribution in [-0.2, 0) is 4.79 Å². The number of carboxylic acid groups (broad SMARTS) is 1. The van der Waals surface area contributed by atoms with Crippen molar-refractivity contribution in [3.63, 3.8) is 0 Å². The molecule has 0 bridgehead atoms. The fourth-order valence-electron chi connectivity index (χ4n) is 5.57. The molecule has 0 amide bonds. The minimum atomic E-state index is -0.610. The largest absolute Gasteiger partial charge is 0.481 e. The zero-order chi connectivity index (χ0) is 29.9. The van der Waals surface area contributed by atoms with Crippen molar-refractivity contribution in [2.45, 2.75) is 194 Å². The third-order valence-electron chi connectivity index (χ3n) is 8.45. The summed E-state index contributed by atoms with van der Waals surface area (Å²) >= 11 is 0. The molecule has 0 saturated carbocycles. The predicted octanol–water partition coefficient (Wildman–Crippen LogP) is 12.4. The van der Waals surface area contributed by atoms with Crippen LogP contribution in [0, 0.1) is 5.92 Å². The molecule has 0 aromatic rings. The number of carbonyl (C=O) groups is 1. The molecule has 0 aliphatic heterocycles. The molecule has 1 atom stereocenters. The Bertz CT molecular complexity index is 571. The predicted molar refractivity (Wildman–Crippen MR) is 183 cm³/mol. The number of rotatable bonds is 34. The fraction of sp³-hybridized carbons (Fsp3) is 0.868. The average molecular weight is 576 g/mol. The topological polar surface area (TPSA) is 49.3 Å². The van der Waals surface area contributed by atoms with Crippen molar-refractivity contribution in [3.8, 4) is 0 Å². The van der Waals surface area contributed by atoms with Crippen LogP contribution in [0.3, 0.4) is 0 Å². The fourth-order valence-corrected chi connectivity index (χ4v) is 5.57.